The van der Waals surface area contributed by atoms with Gasteiger partial charge in [0.2, 0.25) is 0 Å². The zero-order chi connectivity index (χ0) is 15.9. The summed E-state index contributed by atoms with van der Waals surface area (Å²) >= 11 is 0. The molecule has 2 N–H and O–H groups in total. The summed E-state index contributed by atoms with van der Waals surface area (Å²) in [6.07, 6.45) is 0.719. The van der Waals surface area contributed by atoms with Crippen LogP contribution in [-0.2, 0) is 17.8 Å². The topological polar surface area (TPSA) is 92.4 Å². The molecular weight excluding hydrogens is 291 g/mol. The highest BCUT2D eigenvalue weighted by molar-refractivity contribution is 5.88. The number of rotatable bonds is 3. The van der Waals surface area contributed by atoms with Crippen molar-refractivity contribution in [3.05, 3.63) is 41.5 Å². The highest BCUT2D eigenvalue weighted by atomic mass is 19.1. The van der Waals surface area contributed by atoms with Crippen molar-refractivity contribution >= 4 is 11.9 Å². The van der Waals surface area contributed by atoms with Crippen molar-refractivity contribution in [2.45, 2.75) is 19.4 Å². The molecule has 0 spiro atoms. The second-order valence-corrected chi connectivity index (χ2v) is 5.23. The molecule has 6 nitrogen and oxygen atoms in total. The Hall–Kier alpha value is -2.70. The second-order valence-electron chi connectivity index (χ2n) is 5.23. The quantitative estimate of drug-likeness (QED) is 0.905. The Bertz CT molecular complexity index is 752. The first-order valence-electron chi connectivity index (χ1n) is 6.79. The molecule has 0 saturated heterocycles. The third-order valence-corrected chi connectivity index (χ3v) is 3.86. The standard InChI is InChI=1S/C15H13FN2O4/c16-10-4-1-8(2-5-10)13-17-12(15(21)22)11-6-3-9(14(19)20)7-18(11)13/h1-2,4-5,9H,3,6-7H2,(H,19,20)(H,21,22). The minimum Gasteiger partial charge on any atom is -0.481 e. The average molecular weight is 304 g/mol. The number of imidazole rings is 1. The van der Waals surface area contributed by atoms with Crippen LogP contribution >= 0.6 is 0 Å². The van der Waals surface area contributed by atoms with E-state index >= 15 is 0 Å². The van der Waals surface area contributed by atoms with Gasteiger partial charge in [-0.15, -0.1) is 0 Å². The van der Waals surface area contributed by atoms with E-state index in [0.29, 0.717) is 29.9 Å². The highest BCUT2D eigenvalue weighted by Gasteiger charge is 2.31. The van der Waals surface area contributed by atoms with Gasteiger partial charge in [-0.2, -0.15) is 0 Å². The SMILES string of the molecule is O=C(O)c1nc(-c2ccc(F)cc2)n2c1CCC(C(=O)O)C2. The van der Waals surface area contributed by atoms with Crippen LogP contribution < -0.4 is 0 Å². The Labute approximate surface area is 124 Å². The molecule has 0 radical (unpaired) electrons. The molecule has 0 amide bonds. The van der Waals surface area contributed by atoms with Crippen LogP contribution in [0.15, 0.2) is 24.3 Å². The molecule has 22 heavy (non-hydrogen) atoms. The van der Waals surface area contributed by atoms with Crippen molar-refractivity contribution < 1.29 is 24.2 Å². The van der Waals surface area contributed by atoms with Crippen LogP contribution in [0.1, 0.15) is 22.6 Å². The molecule has 1 aliphatic rings. The van der Waals surface area contributed by atoms with Gasteiger partial charge >= 0.3 is 11.9 Å². The first-order valence-corrected chi connectivity index (χ1v) is 6.79. The summed E-state index contributed by atoms with van der Waals surface area (Å²) in [7, 11) is 0. The van der Waals surface area contributed by atoms with Crippen LogP contribution in [0.2, 0.25) is 0 Å². The molecule has 7 heteroatoms. The normalized spacial score (nSPS) is 17.0. The van der Waals surface area contributed by atoms with E-state index in [4.69, 9.17) is 0 Å². The fourth-order valence-electron chi connectivity index (χ4n) is 2.75. The van der Waals surface area contributed by atoms with E-state index in [1.165, 1.54) is 24.3 Å². The van der Waals surface area contributed by atoms with E-state index < -0.39 is 23.7 Å². The lowest BCUT2D eigenvalue weighted by Crippen LogP contribution is -2.27. The number of aromatic nitrogens is 2. The number of nitrogens with zero attached hydrogens (tertiary/aromatic N) is 2. The second kappa shape index (κ2) is 5.25. The van der Waals surface area contributed by atoms with Crippen molar-refractivity contribution in [1.82, 2.24) is 9.55 Å². The summed E-state index contributed by atoms with van der Waals surface area (Å²) in [6, 6.07) is 5.52. The summed E-state index contributed by atoms with van der Waals surface area (Å²) in [5.41, 5.74) is 1.01. The van der Waals surface area contributed by atoms with Gasteiger partial charge in [-0.1, -0.05) is 0 Å². The summed E-state index contributed by atoms with van der Waals surface area (Å²) in [5, 5.41) is 18.4. The lowest BCUT2D eigenvalue weighted by Gasteiger charge is -2.22. The van der Waals surface area contributed by atoms with E-state index in [1.54, 1.807) is 4.57 Å². The van der Waals surface area contributed by atoms with E-state index in [2.05, 4.69) is 4.98 Å². The van der Waals surface area contributed by atoms with Crippen molar-refractivity contribution in [2.24, 2.45) is 5.92 Å². The molecule has 0 fully saturated rings. The highest BCUT2D eigenvalue weighted by Crippen LogP contribution is 2.30. The molecule has 1 aromatic heterocycles. The van der Waals surface area contributed by atoms with Crippen molar-refractivity contribution in [2.75, 3.05) is 0 Å². The average Bonchev–Trinajstić information content (AvgIpc) is 2.87. The molecular formula is C15H13FN2O4. The number of aromatic carboxylic acids is 1. The zero-order valence-electron chi connectivity index (χ0n) is 11.5. The monoisotopic (exact) mass is 304 g/mol. The van der Waals surface area contributed by atoms with Gasteiger partial charge in [-0.25, -0.2) is 14.2 Å². The van der Waals surface area contributed by atoms with Gasteiger partial charge in [-0.3, -0.25) is 4.79 Å². The molecule has 0 bridgehead atoms. The van der Waals surface area contributed by atoms with Crippen LogP contribution in [0.5, 0.6) is 0 Å². The first-order chi connectivity index (χ1) is 10.5. The minimum atomic E-state index is -1.15. The Balaban J connectivity index is 2.12. The molecule has 2 heterocycles. The van der Waals surface area contributed by atoms with E-state index in [0.717, 1.165) is 0 Å². The van der Waals surface area contributed by atoms with Gasteiger partial charge in [0.1, 0.15) is 11.6 Å². The van der Waals surface area contributed by atoms with Crippen molar-refractivity contribution in [3.8, 4) is 11.4 Å². The Kier molecular flexibility index (Phi) is 3.40. The Morgan fingerprint density at radius 2 is 1.91 bits per heavy atom. The number of hydrogen-bond acceptors (Lipinski definition) is 3. The molecule has 1 atom stereocenters. The molecule has 2 aromatic rings. The Morgan fingerprint density at radius 3 is 2.50 bits per heavy atom. The molecule has 1 unspecified atom stereocenters. The zero-order valence-corrected chi connectivity index (χ0v) is 11.5. The number of carbonyl (C=O) groups is 2. The number of halogens is 1. The van der Waals surface area contributed by atoms with Gasteiger partial charge in [0, 0.05) is 12.1 Å². The molecule has 114 valence electrons. The van der Waals surface area contributed by atoms with Gasteiger partial charge in [-0.05, 0) is 37.1 Å². The predicted octanol–water partition coefficient (Wildman–Crippen LogP) is 2.03. The van der Waals surface area contributed by atoms with Crippen LogP contribution in [0.25, 0.3) is 11.4 Å². The van der Waals surface area contributed by atoms with E-state index in [-0.39, 0.29) is 12.2 Å². The molecule has 1 aliphatic heterocycles. The smallest absolute Gasteiger partial charge is 0.356 e. The van der Waals surface area contributed by atoms with Crippen LogP contribution in [0, 0.1) is 11.7 Å². The maximum absolute atomic E-state index is 13.0. The van der Waals surface area contributed by atoms with Gasteiger partial charge in [0.15, 0.2) is 5.69 Å². The summed E-state index contributed by atoms with van der Waals surface area (Å²) in [6.45, 7) is 0.164. The number of hydrogen-bond donors (Lipinski definition) is 2. The maximum atomic E-state index is 13.0. The fourth-order valence-corrected chi connectivity index (χ4v) is 2.75. The summed E-state index contributed by atoms with van der Waals surface area (Å²) < 4.78 is 14.7. The molecule has 3 rings (SSSR count). The number of carboxylic acid groups (broad SMARTS) is 2. The lowest BCUT2D eigenvalue weighted by atomic mass is 9.97. The largest absolute Gasteiger partial charge is 0.481 e. The minimum absolute atomic E-state index is 0.0665. The van der Waals surface area contributed by atoms with Gasteiger partial charge in [0.25, 0.3) is 0 Å². The summed E-state index contributed by atoms with van der Waals surface area (Å²) in [4.78, 5) is 26.7. The third-order valence-electron chi connectivity index (χ3n) is 3.86. The fraction of sp³-hybridized carbons (Fsp3) is 0.267. The molecule has 0 saturated carbocycles. The van der Waals surface area contributed by atoms with E-state index in [1.807, 2.05) is 0 Å². The number of aliphatic carboxylic acids is 1. The predicted molar refractivity (Wildman–Crippen MR) is 74.0 cm³/mol. The van der Waals surface area contributed by atoms with Crippen LogP contribution in [-0.4, -0.2) is 31.7 Å². The number of benzene rings is 1. The van der Waals surface area contributed by atoms with Crippen LogP contribution in [0.4, 0.5) is 4.39 Å². The van der Waals surface area contributed by atoms with Gasteiger partial charge in [0.05, 0.1) is 11.6 Å². The van der Waals surface area contributed by atoms with Gasteiger partial charge < -0.3 is 14.8 Å². The Morgan fingerprint density at radius 1 is 1.23 bits per heavy atom. The summed E-state index contributed by atoms with van der Waals surface area (Å²) in [5.74, 6) is -2.69. The molecule has 0 aliphatic carbocycles. The van der Waals surface area contributed by atoms with Crippen LogP contribution in [0.3, 0.4) is 0 Å². The lowest BCUT2D eigenvalue weighted by molar-refractivity contribution is -0.142. The molecule has 1 aromatic carbocycles. The van der Waals surface area contributed by atoms with Crippen molar-refractivity contribution in [3.63, 3.8) is 0 Å². The number of fused-ring (bicyclic) bond motifs is 1. The third kappa shape index (κ3) is 2.34. The number of carboxylic acids is 2. The first kappa shape index (κ1) is 14.2. The maximum Gasteiger partial charge on any atom is 0.356 e. The van der Waals surface area contributed by atoms with E-state index in [9.17, 15) is 24.2 Å². The van der Waals surface area contributed by atoms with Crippen molar-refractivity contribution in [1.29, 1.82) is 0 Å².